The van der Waals surface area contributed by atoms with Gasteiger partial charge in [0, 0.05) is 32.2 Å². The average molecular weight is 352 g/mol. The molecule has 1 aromatic carbocycles. The van der Waals surface area contributed by atoms with E-state index in [1.807, 2.05) is 0 Å². The molecule has 0 spiro atoms. The molecule has 3 rings (SSSR count). The predicted molar refractivity (Wildman–Crippen MR) is 94.0 cm³/mol. The van der Waals surface area contributed by atoms with Gasteiger partial charge in [-0.3, -0.25) is 9.89 Å². The fourth-order valence-corrected chi connectivity index (χ4v) is 3.57. The van der Waals surface area contributed by atoms with Crippen molar-refractivity contribution >= 4 is 5.96 Å². The van der Waals surface area contributed by atoms with Gasteiger partial charge >= 0.3 is 0 Å². The van der Waals surface area contributed by atoms with Gasteiger partial charge in [0.1, 0.15) is 12.4 Å². The molecule has 0 aromatic heterocycles. The van der Waals surface area contributed by atoms with Gasteiger partial charge in [-0.05, 0) is 44.5 Å². The van der Waals surface area contributed by atoms with E-state index >= 15 is 0 Å². The Morgan fingerprint density at radius 2 is 2.04 bits per heavy atom. The molecule has 0 bridgehead atoms. The molecular weight excluding hydrogens is 326 g/mol. The Morgan fingerprint density at radius 1 is 1.24 bits per heavy atom. The lowest BCUT2D eigenvalue weighted by Gasteiger charge is -2.25. The zero-order valence-electron chi connectivity index (χ0n) is 14.7. The second-order valence-corrected chi connectivity index (χ2v) is 6.53. The van der Waals surface area contributed by atoms with Crippen molar-refractivity contribution in [2.45, 2.75) is 25.3 Å². The summed E-state index contributed by atoms with van der Waals surface area (Å²) in [6.07, 6.45) is 3.79. The van der Waals surface area contributed by atoms with Gasteiger partial charge in [-0.2, -0.15) is 0 Å². The van der Waals surface area contributed by atoms with Crippen molar-refractivity contribution in [3.8, 4) is 5.75 Å². The lowest BCUT2D eigenvalue weighted by Crippen LogP contribution is -2.43. The van der Waals surface area contributed by atoms with Gasteiger partial charge in [-0.15, -0.1) is 0 Å². The summed E-state index contributed by atoms with van der Waals surface area (Å²) in [5, 5.41) is 3.28. The van der Waals surface area contributed by atoms with E-state index in [0.29, 0.717) is 24.9 Å². The summed E-state index contributed by atoms with van der Waals surface area (Å²) >= 11 is 0. The first-order chi connectivity index (χ1) is 12.2. The first kappa shape index (κ1) is 17.9. The molecule has 0 radical (unpaired) electrons. The standard InChI is InChI=1S/C18H26F2N4O/c1-21-18(24-10-6-14(13-24)23-8-2-3-9-23)22-7-11-25-15-4-5-16(19)17(20)12-15/h4-5,12,14H,2-3,6-11,13H2,1H3,(H,21,22). The van der Waals surface area contributed by atoms with Crippen molar-refractivity contribution in [3.63, 3.8) is 0 Å². The summed E-state index contributed by atoms with van der Waals surface area (Å²) < 4.78 is 31.5. The van der Waals surface area contributed by atoms with E-state index < -0.39 is 11.6 Å². The number of halogens is 2. The Labute approximate surface area is 147 Å². The Hall–Kier alpha value is -1.89. The molecule has 2 heterocycles. The third kappa shape index (κ3) is 4.60. The van der Waals surface area contributed by atoms with Crippen molar-refractivity contribution in [1.29, 1.82) is 0 Å². The molecule has 1 aromatic rings. The minimum absolute atomic E-state index is 0.325. The highest BCUT2D eigenvalue weighted by molar-refractivity contribution is 5.80. The van der Waals surface area contributed by atoms with Gasteiger partial charge in [-0.1, -0.05) is 0 Å². The Kier molecular flexibility index (Phi) is 6.07. The number of guanidine groups is 1. The van der Waals surface area contributed by atoms with Crippen LogP contribution in [0, 0.1) is 11.6 Å². The maximum atomic E-state index is 13.1. The van der Waals surface area contributed by atoms with E-state index in [1.165, 1.54) is 38.4 Å². The number of nitrogens with one attached hydrogen (secondary N) is 1. The molecule has 1 atom stereocenters. The van der Waals surface area contributed by atoms with E-state index in [2.05, 4.69) is 20.1 Å². The molecule has 5 nitrogen and oxygen atoms in total. The van der Waals surface area contributed by atoms with Gasteiger partial charge in [0.2, 0.25) is 0 Å². The van der Waals surface area contributed by atoms with Crippen LogP contribution in [0.4, 0.5) is 8.78 Å². The molecule has 2 saturated heterocycles. The van der Waals surface area contributed by atoms with Gasteiger partial charge in [0.25, 0.3) is 0 Å². The number of aliphatic imine (C=N–C) groups is 1. The summed E-state index contributed by atoms with van der Waals surface area (Å²) in [6.45, 7) is 5.35. The number of rotatable bonds is 5. The zero-order valence-corrected chi connectivity index (χ0v) is 14.7. The highest BCUT2D eigenvalue weighted by Crippen LogP contribution is 2.20. The molecule has 2 fully saturated rings. The number of likely N-dealkylation sites (tertiary alicyclic amines) is 2. The largest absolute Gasteiger partial charge is 0.492 e. The predicted octanol–water partition coefficient (Wildman–Crippen LogP) is 2.09. The molecule has 7 heteroatoms. The number of nitrogens with zero attached hydrogens (tertiary/aromatic N) is 3. The molecule has 1 N–H and O–H groups in total. The van der Waals surface area contributed by atoms with Crippen molar-refractivity contribution in [2.24, 2.45) is 4.99 Å². The highest BCUT2D eigenvalue weighted by atomic mass is 19.2. The van der Waals surface area contributed by atoms with Crippen LogP contribution in [0.3, 0.4) is 0 Å². The molecule has 2 aliphatic rings. The average Bonchev–Trinajstić information content (AvgIpc) is 3.29. The normalized spacial score (nSPS) is 21.8. The minimum atomic E-state index is -0.897. The summed E-state index contributed by atoms with van der Waals surface area (Å²) in [7, 11) is 1.78. The molecule has 138 valence electrons. The first-order valence-electron chi connectivity index (χ1n) is 8.95. The van der Waals surface area contributed by atoms with Crippen molar-refractivity contribution < 1.29 is 13.5 Å². The number of hydrogen-bond donors (Lipinski definition) is 1. The van der Waals surface area contributed by atoms with Crippen LogP contribution in [-0.2, 0) is 0 Å². The van der Waals surface area contributed by atoms with E-state index in [0.717, 1.165) is 31.2 Å². The zero-order chi connectivity index (χ0) is 17.6. The maximum absolute atomic E-state index is 13.1. The topological polar surface area (TPSA) is 40.1 Å². The molecule has 2 aliphatic heterocycles. The number of hydrogen-bond acceptors (Lipinski definition) is 3. The first-order valence-corrected chi connectivity index (χ1v) is 8.95. The summed E-state index contributed by atoms with van der Waals surface area (Å²) in [5.41, 5.74) is 0. The van der Waals surface area contributed by atoms with Crippen LogP contribution in [0.2, 0.25) is 0 Å². The molecule has 25 heavy (non-hydrogen) atoms. The summed E-state index contributed by atoms with van der Waals surface area (Å²) in [5.74, 6) is -0.569. The Bertz CT molecular complexity index is 605. The van der Waals surface area contributed by atoms with Crippen LogP contribution in [0.15, 0.2) is 23.2 Å². The lowest BCUT2D eigenvalue weighted by molar-refractivity contribution is 0.249. The SMILES string of the molecule is CN=C(NCCOc1ccc(F)c(F)c1)N1CCC(N2CCCC2)C1. The van der Waals surface area contributed by atoms with Crippen LogP contribution in [-0.4, -0.2) is 68.2 Å². The second kappa shape index (κ2) is 8.47. The van der Waals surface area contributed by atoms with Crippen LogP contribution in [0.5, 0.6) is 5.75 Å². The van der Waals surface area contributed by atoms with Crippen molar-refractivity contribution in [2.75, 3.05) is 46.4 Å². The van der Waals surface area contributed by atoms with Gasteiger partial charge in [-0.25, -0.2) is 8.78 Å². The van der Waals surface area contributed by atoms with E-state index in [-0.39, 0.29) is 0 Å². The quantitative estimate of drug-likeness (QED) is 0.500. The van der Waals surface area contributed by atoms with Crippen LogP contribution in [0.1, 0.15) is 19.3 Å². The third-order valence-electron chi connectivity index (χ3n) is 4.88. The monoisotopic (exact) mass is 352 g/mol. The third-order valence-corrected chi connectivity index (χ3v) is 4.88. The van der Waals surface area contributed by atoms with Crippen LogP contribution >= 0.6 is 0 Å². The van der Waals surface area contributed by atoms with Crippen molar-refractivity contribution in [3.05, 3.63) is 29.8 Å². The van der Waals surface area contributed by atoms with Crippen LogP contribution < -0.4 is 10.1 Å². The van der Waals surface area contributed by atoms with Gasteiger partial charge in [0.05, 0.1) is 6.54 Å². The lowest BCUT2D eigenvalue weighted by atomic mass is 10.2. The number of ether oxygens (including phenoxy) is 1. The molecule has 0 amide bonds. The molecule has 0 aliphatic carbocycles. The Morgan fingerprint density at radius 3 is 2.76 bits per heavy atom. The van der Waals surface area contributed by atoms with Crippen molar-refractivity contribution in [1.82, 2.24) is 15.1 Å². The van der Waals surface area contributed by atoms with Gasteiger partial charge in [0.15, 0.2) is 17.6 Å². The molecule has 0 saturated carbocycles. The fraction of sp³-hybridized carbons (Fsp3) is 0.611. The highest BCUT2D eigenvalue weighted by Gasteiger charge is 2.30. The number of benzene rings is 1. The maximum Gasteiger partial charge on any atom is 0.193 e. The van der Waals surface area contributed by atoms with E-state index in [9.17, 15) is 8.78 Å². The van der Waals surface area contributed by atoms with E-state index in [1.54, 1.807) is 7.05 Å². The van der Waals surface area contributed by atoms with Gasteiger partial charge < -0.3 is 15.0 Å². The Balaban J connectivity index is 1.41. The van der Waals surface area contributed by atoms with Crippen LogP contribution in [0.25, 0.3) is 0 Å². The smallest absolute Gasteiger partial charge is 0.193 e. The second-order valence-electron chi connectivity index (χ2n) is 6.53. The summed E-state index contributed by atoms with van der Waals surface area (Å²) in [4.78, 5) is 9.21. The summed E-state index contributed by atoms with van der Waals surface area (Å²) in [6, 6.07) is 4.18. The minimum Gasteiger partial charge on any atom is -0.492 e. The van der Waals surface area contributed by atoms with E-state index in [4.69, 9.17) is 4.74 Å². The molecular formula is C18H26F2N4O. The fourth-order valence-electron chi connectivity index (χ4n) is 3.57. The molecule has 1 unspecified atom stereocenters.